The fourth-order valence-electron chi connectivity index (χ4n) is 4.13. The predicted octanol–water partition coefficient (Wildman–Crippen LogP) is 1.61. The number of nitrogens with zero attached hydrogens (tertiary/aromatic N) is 3. The molecule has 2 aliphatic rings. The lowest BCUT2D eigenvalue weighted by Crippen LogP contribution is -2.60. The van der Waals surface area contributed by atoms with Gasteiger partial charge in [-0.2, -0.15) is 0 Å². The number of morpholine rings is 1. The van der Waals surface area contributed by atoms with Crippen molar-refractivity contribution in [3.63, 3.8) is 0 Å². The monoisotopic (exact) mass is 349 g/mol. The zero-order chi connectivity index (χ0) is 17.5. The fraction of sp³-hybridized carbons (Fsp3) is 0.778. The molecule has 1 saturated heterocycles. The van der Waals surface area contributed by atoms with Crippen LogP contribution in [0.1, 0.15) is 39.0 Å². The Kier molecular flexibility index (Phi) is 6.31. The van der Waals surface area contributed by atoms with Crippen molar-refractivity contribution in [1.29, 1.82) is 0 Å². The summed E-state index contributed by atoms with van der Waals surface area (Å²) in [6, 6.07) is -0.0225. The molecule has 2 N–H and O–H groups in total. The first-order valence-electron chi connectivity index (χ1n) is 9.51. The van der Waals surface area contributed by atoms with Crippen LogP contribution in [0.2, 0.25) is 0 Å². The maximum absolute atomic E-state index is 12.4. The molecule has 1 saturated carbocycles. The molecule has 2 amide bonds. The molecule has 0 aromatic carbocycles. The molecule has 7 nitrogen and oxygen atoms in total. The molecule has 2 fully saturated rings. The highest BCUT2D eigenvalue weighted by Gasteiger charge is 2.38. The minimum Gasteiger partial charge on any atom is -0.379 e. The molecule has 1 aliphatic carbocycles. The lowest BCUT2D eigenvalue weighted by molar-refractivity contribution is -0.0357. The third-order valence-corrected chi connectivity index (χ3v) is 5.47. The van der Waals surface area contributed by atoms with Gasteiger partial charge in [0.05, 0.1) is 19.5 Å². The van der Waals surface area contributed by atoms with Crippen LogP contribution in [0.5, 0.6) is 0 Å². The van der Waals surface area contributed by atoms with Gasteiger partial charge in [0.2, 0.25) is 0 Å². The van der Waals surface area contributed by atoms with Gasteiger partial charge in [-0.05, 0) is 19.8 Å². The van der Waals surface area contributed by atoms with E-state index in [1.165, 1.54) is 19.3 Å². The smallest absolute Gasteiger partial charge is 0.315 e. The first-order valence-corrected chi connectivity index (χ1v) is 9.51. The number of ether oxygens (including phenoxy) is 1. The second kappa shape index (κ2) is 8.67. The molecule has 3 rings (SSSR count). The van der Waals surface area contributed by atoms with Crippen LogP contribution in [-0.2, 0) is 11.3 Å². The number of aromatic nitrogens is 2. The van der Waals surface area contributed by atoms with Crippen molar-refractivity contribution in [2.24, 2.45) is 0 Å². The van der Waals surface area contributed by atoms with Crippen LogP contribution < -0.4 is 10.6 Å². The summed E-state index contributed by atoms with van der Waals surface area (Å²) in [6.07, 6.45) is 11.6. The third-order valence-electron chi connectivity index (χ3n) is 5.47. The Hall–Kier alpha value is -1.60. The van der Waals surface area contributed by atoms with E-state index in [0.717, 1.165) is 52.2 Å². The zero-order valence-corrected chi connectivity index (χ0v) is 15.2. The van der Waals surface area contributed by atoms with Crippen molar-refractivity contribution in [2.75, 3.05) is 32.8 Å². The highest BCUT2D eigenvalue weighted by atomic mass is 16.5. The molecule has 0 radical (unpaired) electrons. The second-order valence-corrected chi connectivity index (χ2v) is 7.37. The van der Waals surface area contributed by atoms with Crippen molar-refractivity contribution in [3.8, 4) is 0 Å². The SMILES string of the molecule is C[C@@H](Cn1ccnc1)NC(=O)NCC1(N2CCOCC2)CCCCC1. The van der Waals surface area contributed by atoms with E-state index in [0.29, 0.717) is 0 Å². The molecule has 7 heteroatoms. The first-order chi connectivity index (χ1) is 12.2. The van der Waals surface area contributed by atoms with Crippen LogP contribution in [0.4, 0.5) is 4.79 Å². The molecular formula is C18H31N5O2. The Morgan fingerprint density at radius 3 is 2.72 bits per heavy atom. The molecule has 1 aromatic heterocycles. The average Bonchev–Trinajstić information content (AvgIpc) is 3.14. The first kappa shape index (κ1) is 18.2. The van der Waals surface area contributed by atoms with Crippen molar-refractivity contribution in [3.05, 3.63) is 18.7 Å². The van der Waals surface area contributed by atoms with Crippen molar-refractivity contribution in [1.82, 2.24) is 25.1 Å². The highest BCUT2D eigenvalue weighted by molar-refractivity contribution is 5.74. The maximum Gasteiger partial charge on any atom is 0.315 e. The largest absolute Gasteiger partial charge is 0.379 e. The number of nitrogens with one attached hydrogen (secondary N) is 2. The van der Waals surface area contributed by atoms with Crippen molar-refractivity contribution >= 4 is 6.03 Å². The Bertz CT molecular complexity index is 522. The zero-order valence-electron chi connectivity index (χ0n) is 15.2. The van der Waals surface area contributed by atoms with Crippen LogP contribution in [0.25, 0.3) is 0 Å². The lowest BCUT2D eigenvalue weighted by Gasteiger charge is -2.48. The van der Waals surface area contributed by atoms with Gasteiger partial charge in [0.1, 0.15) is 0 Å². The molecule has 1 aliphatic heterocycles. The number of amides is 2. The number of rotatable bonds is 6. The molecule has 2 heterocycles. The number of imidazole rings is 1. The summed E-state index contributed by atoms with van der Waals surface area (Å²) in [5.41, 5.74) is 0.104. The Labute approximate surface area is 150 Å². The van der Waals surface area contributed by atoms with E-state index in [4.69, 9.17) is 4.74 Å². The van der Waals surface area contributed by atoms with Gasteiger partial charge < -0.3 is 19.9 Å². The van der Waals surface area contributed by atoms with Crippen LogP contribution in [0, 0.1) is 0 Å². The molecule has 1 atom stereocenters. The van der Waals surface area contributed by atoms with E-state index in [9.17, 15) is 4.79 Å². The third kappa shape index (κ3) is 4.95. The average molecular weight is 349 g/mol. The molecule has 25 heavy (non-hydrogen) atoms. The topological polar surface area (TPSA) is 71.4 Å². The summed E-state index contributed by atoms with van der Waals surface area (Å²) in [6.45, 7) is 7.00. The van der Waals surface area contributed by atoms with E-state index in [1.54, 1.807) is 12.5 Å². The van der Waals surface area contributed by atoms with Gasteiger partial charge >= 0.3 is 6.03 Å². The van der Waals surface area contributed by atoms with Crippen LogP contribution >= 0.6 is 0 Å². The highest BCUT2D eigenvalue weighted by Crippen LogP contribution is 2.33. The maximum atomic E-state index is 12.4. The molecule has 0 bridgehead atoms. The minimum atomic E-state index is -0.0779. The van der Waals surface area contributed by atoms with Gasteiger partial charge in [-0.3, -0.25) is 4.90 Å². The summed E-state index contributed by atoms with van der Waals surface area (Å²) in [7, 11) is 0. The van der Waals surface area contributed by atoms with Crippen LogP contribution in [-0.4, -0.2) is 64.9 Å². The van der Waals surface area contributed by atoms with E-state index in [-0.39, 0.29) is 17.6 Å². The van der Waals surface area contributed by atoms with Crippen molar-refractivity contribution < 1.29 is 9.53 Å². The summed E-state index contributed by atoms with van der Waals surface area (Å²) in [5, 5.41) is 6.18. The Morgan fingerprint density at radius 2 is 2.04 bits per heavy atom. The van der Waals surface area contributed by atoms with Crippen LogP contribution in [0.3, 0.4) is 0 Å². The fourth-order valence-corrected chi connectivity index (χ4v) is 4.13. The number of carbonyl (C=O) groups excluding carboxylic acids is 1. The van der Waals surface area contributed by atoms with Gasteiger partial charge in [0, 0.05) is 50.2 Å². The number of urea groups is 1. The molecule has 1 aromatic rings. The van der Waals surface area contributed by atoms with Gasteiger partial charge in [-0.25, -0.2) is 9.78 Å². The standard InChI is InChI=1S/C18H31N5O2/c1-16(13-22-8-7-19-15-22)21-17(24)20-14-18(5-3-2-4-6-18)23-9-11-25-12-10-23/h7-8,15-16H,2-6,9-14H2,1H3,(H2,20,21,24)/t16-/m0/s1. The lowest BCUT2D eigenvalue weighted by atomic mass is 9.80. The number of hydrogen-bond acceptors (Lipinski definition) is 4. The van der Waals surface area contributed by atoms with Gasteiger partial charge in [-0.1, -0.05) is 19.3 Å². The summed E-state index contributed by atoms with van der Waals surface area (Å²) >= 11 is 0. The van der Waals surface area contributed by atoms with Crippen LogP contribution in [0.15, 0.2) is 18.7 Å². The molecule has 0 unspecified atom stereocenters. The van der Waals surface area contributed by atoms with E-state index < -0.39 is 0 Å². The quantitative estimate of drug-likeness (QED) is 0.818. The number of carbonyl (C=O) groups is 1. The van der Waals surface area contributed by atoms with Crippen molar-refractivity contribution in [2.45, 2.75) is 57.2 Å². The minimum absolute atomic E-state index is 0.0555. The second-order valence-electron chi connectivity index (χ2n) is 7.37. The Balaban J connectivity index is 1.50. The summed E-state index contributed by atoms with van der Waals surface area (Å²) < 4.78 is 7.49. The summed E-state index contributed by atoms with van der Waals surface area (Å²) in [4.78, 5) is 18.9. The molecule has 0 spiro atoms. The normalized spacial score (nSPS) is 22.3. The van der Waals surface area contributed by atoms with Gasteiger partial charge in [-0.15, -0.1) is 0 Å². The number of hydrogen-bond donors (Lipinski definition) is 2. The molecular weight excluding hydrogens is 318 g/mol. The van der Waals surface area contributed by atoms with E-state index in [2.05, 4.69) is 20.5 Å². The van der Waals surface area contributed by atoms with Gasteiger partial charge in [0.25, 0.3) is 0 Å². The Morgan fingerprint density at radius 1 is 1.28 bits per heavy atom. The summed E-state index contributed by atoms with van der Waals surface area (Å²) in [5.74, 6) is 0. The van der Waals surface area contributed by atoms with E-state index in [1.807, 2.05) is 17.7 Å². The predicted molar refractivity (Wildman–Crippen MR) is 96.4 cm³/mol. The molecule has 140 valence electrons. The van der Waals surface area contributed by atoms with Gasteiger partial charge in [0.15, 0.2) is 0 Å². The van der Waals surface area contributed by atoms with E-state index >= 15 is 0 Å².